The van der Waals surface area contributed by atoms with Crippen molar-refractivity contribution in [3.8, 4) is 56.0 Å². The zero-order valence-electron chi connectivity index (χ0n) is 37.2. The largest absolute Gasteiger partial charge is 0.496 e. The molecule has 5 aromatic carbocycles. The van der Waals surface area contributed by atoms with Crippen LogP contribution in [0.4, 0.5) is 0 Å². The maximum atomic E-state index is 6.44. The fourth-order valence-electron chi connectivity index (χ4n) is 8.76. The lowest BCUT2D eigenvalue weighted by atomic mass is 9.84. The van der Waals surface area contributed by atoms with Crippen molar-refractivity contribution < 1.29 is 9.47 Å². The molecular formula is C56H74O2. The Morgan fingerprint density at radius 2 is 0.603 bits per heavy atom. The molecule has 5 aromatic rings. The Labute approximate surface area is 353 Å². The molecule has 0 aliphatic rings. The van der Waals surface area contributed by atoms with Gasteiger partial charge in [-0.1, -0.05) is 190 Å². The molecule has 310 valence electrons. The molecule has 0 atom stereocenters. The molecule has 0 bridgehead atoms. The van der Waals surface area contributed by atoms with Gasteiger partial charge in [-0.2, -0.15) is 0 Å². The quantitative estimate of drug-likeness (QED) is 0.0521. The van der Waals surface area contributed by atoms with Gasteiger partial charge in [0.2, 0.25) is 0 Å². The molecule has 0 aliphatic carbocycles. The van der Waals surface area contributed by atoms with Crippen LogP contribution in [0.15, 0.2) is 97.1 Å². The topological polar surface area (TPSA) is 18.5 Å². The van der Waals surface area contributed by atoms with Crippen LogP contribution in [0.25, 0.3) is 44.5 Å². The van der Waals surface area contributed by atoms with E-state index < -0.39 is 0 Å². The molecule has 0 aliphatic heterocycles. The van der Waals surface area contributed by atoms with E-state index in [1.54, 1.807) is 0 Å². The Balaban J connectivity index is 1.71. The van der Waals surface area contributed by atoms with Crippen LogP contribution in [0.1, 0.15) is 153 Å². The lowest BCUT2D eigenvalue weighted by Gasteiger charge is -2.23. The summed E-state index contributed by atoms with van der Waals surface area (Å²) in [4.78, 5) is 0. The van der Waals surface area contributed by atoms with Crippen LogP contribution in [0, 0.1) is 0 Å². The zero-order valence-corrected chi connectivity index (χ0v) is 37.2. The third-order valence-electron chi connectivity index (χ3n) is 12.1. The zero-order chi connectivity index (χ0) is 41.0. The molecule has 0 amide bonds. The van der Waals surface area contributed by atoms with E-state index in [-0.39, 0.29) is 0 Å². The summed E-state index contributed by atoms with van der Waals surface area (Å²) < 4.78 is 12.9. The number of hydrogen-bond donors (Lipinski definition) is 0. The second-order valence-corrected chi connectivity index (χ2v) is 16.6. The standard InChI is InChI=1S/C56H74O2/c1-7-11-15-21-33-45-37-49(43-29-25-19-26-30-43)51(39-47(45)35-23-17-13-9-3)53-41-56(58-6)54(42-55(53)57-5)52-40-48(36-24-18-14-10-4)46(34-22-16-12-8-2)38-50(52)44-31-27-20-28-32-44/h19-20,25-32,37-42H,7-18,21-24,33-36H2,1-6H3. The highest BCUT2D eigenvalue weighted by atomic mass is 16.5. The number of benzene rings is 5. The molecule has 2 nitrogen and oxygen atoms in total. The Hall–Kier alpha value is -4.30. The minimum absolute atomic E-state index is 0.882. The molecule has 0 unspecified atom stereocenters. The van der Waals surface area contributed by atoms with Crippen molar-refractivity contribution in [1.82, 2.24) is 0 Å². The third kappa shape index (κ3) is 12.4. The van der Waals surface area contributed by atoms with E-state index in [2.05, 4.69) is 125 Å². The number of rotatable bonds is 26. The predicted octanol–water partition coefficient (Wildman–Crippen LogP) is 16.9. The lowest BCUT2D eigenvalue weighted by molar-refractivity contribution is 0.406. The maximum absolute atomic E-state index is 6.44. The van der Waals surface area contributed by atoms with E-state index in [0.717, 1.165) is 48.3 Å². The number of unbranched alkanes of at least 4 members (excludes halogenated alkanes) is 12. The van der Waals surface area contributed by atoms with Crippen LogP contribution in [-0.4, -0.2) is 14.2 Å². The summed E-state index contributed by atoms with van der Waals surface area (Å²) in [6.07, 6.45) is 24.7. The molecule has 5 rings (SSSR count). The molecule has 58 heavy (non-hydrogen) atoms. The van der Waals surface area contributed by atoms with Crippen molar-refractivity contribution >= 4 is 0 Å². The first kappa shape index (κ1) is 44.8. The first-order valence-electron chi connectivity index (χ1n) is 23.3. The smallest absolute Gasteiger partial charge is 0.127 e. The number of aryl methyl sites for hydroxylation is 4. The molecular weight excluding hydrogens is 705 g/mol. The van der Waals surface area contributed by atoms with Crippen LogP contribution in [0.2, 0.25) is 0 Å². The van der Waals surface area contributed by atoms with E-state index >= 15 is 0 Å². The highest BCUT2D eigenvalue weighted by Crippen LogP contribution is 2.47. The summed E-state index contributed by atoms with van der Waals surface area (Å²) in [6, 6.07) is 36.5. The van der Waals surface area contributed by atoms with E-state index in [0.29, 0.717) is 0 Å². The molecule has 0 spiro atoms. The summed E-state index contributed by atoms with van der Waals surface area (Å²) in [5.41, 5.74) is 15.6. The van der Waals surface area contributed by atoms with Gasteiger partial charge < -0.3 is 9.47 Å². The second kappa shape index (κ2) is 24.6. The van der Waals surface area contributed by atoms with Gasteiger partial charge in [-0.3, -0.25) is 0 Å². The lowest BCUT2D eigenvalue weighted by Crippen LogP contribution is -2.02. The van der Waals surface area contributed by atoms with Crippen molar-refractivity contribution in [2.24, 2.45) is 0 Å². The van der Waals surface area contributed by atoms with E-state index in [1.807, 2.05) is 14.2 Å². The molecule has 0 saturated carbocycles. The van der Waals surface area contributed by atoms with E-state index in [1.165, 1.54) is 158 Å². The number of methoxy groups -OCH3 is 2. The Bertz CT molecular complexity index is 1800. The van der Waals surface area contributed by atoms with Crippen LogP contribution in [-0.2, 0) is 25.7 Å². The SMILES string of the molecule is CCCCCCc1cc(-c2ccccc2)c(-c2cc(OC)c(-c3cc(CCCCCC)c(CCCCCC)cc3-c3ccccc3)cc2OC)cc1CCCCCC. The van der Waals surface area contributed by atoms with Gasteiger partial charge >= 0.3 is 0 Å². The Morgan fingerprint density at radius 1 is 0.310 bits per heavy atom. The van der Waals surface area contributed by atoms with Crippen LogP contribution in [0.5, 0.6) is 11.5 Å². The molecule has 0 fully saturated rings. The van der Waals surface area contributed by atoms with Gasteiger partial charge in [0.15, 0.2) is 0 Å². The Morgan fingerprint density at radius 3 is 0.879 bits per heavy atom. The highest BCUT2D eigenvalue weighted by molar-refractivity contribution is 5.93. The van der Waals surface area contributed by atoms with Crippen LogP contribution in [0.3, 0.4) is 0 Å². The monoisotopic (exact) mass is 779 g/mol. The van der Waals surface area contributed by atoms with Gasteiger partial charge in [-0.25, -0.2) is 0 Å². The summed E-state index contributed by atoms with van der Waals surface area (Å²) in [5.74, 6) is 1.76. The predicted molar refractivity (Wildman–Crippen MR) is 253 cm³/mol. The third-order valence-corrected chi connectivity index (χ3v) is 12.1. The molecule has 0 N–H and O–H groups in total. The summed E-state index contributed by atoms with van der Waals surface area (Å²) in [6.45, 7) is 9.20. The van der Waals surface area contributed by atoms with Gasteiger partial charge in [0, 0.05) is 11.1 Å². The minimum atomic E-state index is 0.882. The maximum Gasteiger partial charge on any atom is 0.127 e. The van der Waals surface area contributed by atoms with Gasteiger partial charge in [0.1, 0.15) is 11.5 Å². The van der Waals surface area contributed by atoms with Crippen molar-refractivity contribution in [1.29, 1.82) is 0 Å². The summed E-state index contributed by atoms with van der Waals surface area (Å²) in [7, 11) is 3.67. The van der Waals surface area contributed by atoms with Gasteiger partial charge in [0.25, 0.3) is 0 Å². The second-order valence-electron chi connectivity index (χ2n) is 16.6. The van der Waals surface area contributed by atoms with Crippen molar-refractivity contribution in [3.63, 3.8) is 0 Å². The molecule has 0 radical (unpaired) electrons. The number of ether oxygens (including phenoxy) is 2. The van der Waals surface area contributed by atoms with Crippen molar-refractivity contribution in [2.45, 2.75) is 156 Å². The van der Waals surface area contributed by atoms with Crippen LogP contribution < -0.4 is 9.47 Å². The highest BCUT2D eigenvalue weighted by Gasteiger charge is 2.22. The van der Waals surface area contributed by atoms with E-state index in [4.69, 9.17) is 9.47 Å². The minimum Gasteiger partial charge on any atom is -0.496 e. The van der Waals surface area contributed by atoms with Crippen molar-refractivity contribution in [2.75, 3.05) is 14.2 Å². The van der Waals surface area contributed by atoms with Crippen molar-refractivity contribution in [3.05, 3.63) is 119 Å². The normalized spacial score (nSPS) is 11.3. The average molecular weight is 779 g/mol. The molecule has 2 heteroatoms. The average Bonchev–Trinajstić information content (AvgIpc) is 3.27. The summed E-state index contributed by atoms with van der Waals surface area (Å²) in [5, 5.41) is 0. The van der Waals surface area contributed by atoms with Gasteiger partial charge in [0.05, 0.1) is 14.2 Å². The van der Waals surface area contributed by atoms with Gasteiger partial charge in [-0.05, 0) is 119 Å². The Kier molecular flexibility index (Phi) is 19.0. The van der Waals surface area contributed by atoms with E-state index in [9.17, 15) is 0 Å². The first-order valence-corrected chi connectivity index (χ1v) is 23.3. The van der Waals surface area contributed by atoms with Crippen LogP contribution >= 0.6 is 0 Å². The molecule has 0 saturated heterocycles. The first-order chi connectivity index (χ1) is 28.6. The fourth-order valence-corrected chi connectivity index (χ4v) is 8.76. The fraction of sp³-hybridized carbons (Fsp3) is 0.464. The molecule has 0 aromatic heterocycles. The summed E-state index contributed by atoms with van der Waals surface area (Å²) >= 11 is 0. The van der Waals surface area contributed by atoms with Gasteiger partial charge in [-0.15, -0.1) is 0 Å². The number of hydrogen-bond acceptors (Lipinski definition) is 2. The molecule has 0 heterocycles.